The Morgan fingerprint density at radius 2 is 1.62 bits per heavy atom. The Hall–Kier alpha value is -0.715. The first-order valence-corrected chi connectivity index (χ1v) is 6.42. The molecule has 0 aromatic heterocycles. The van der Waals surface area contributed by atoms with Crippen molar-refractivity contribution in [2.24, 2.45) is 11.3 Å². The predicted molar refractivity (Wildman–Crippen MR) is 75.9 cm³/mol. The van der Waals surface area contributed by atoms with E-state index in [4.69, 9.17) is 0 Å². The summed E-state index contributed by atoms with van der Waals surface area (Å²) in [5, 5.41) is 0. The fourth-order valence-corrected chi connectivity index (χ4v) is 2.25. The van der Waals surface area contributed by atoms with Crippen molar-refractivity contribution in [1.82, 2.24) is 0 Å². The smallest absolute Gasteiger partial charge is 0.0842 e. The summed E-state index contributed by atoms with van der Waals surface area (Å²) < 4.78 is 0. The van der Waals surface area contributed by atoms with Crippen molar-refractivity contribution in [2.45, 2.75) is 46.9 Å². The average molecular weight is 216 g/mol. The first kappa shape index (κ1) is 13.4. The fourth-order valence-electron chi connectivity index (χ4n) is 2.25. The number of hydrogen-bond donors (Lipinski definition) is 0. The molecule has 16 heavy (non-hydrogen) atoms. The number of benzene rings is 1. The SMILES string of the molecule is CC(C)C(Bc1ccccc1)CC(C)(C)C. The molecule has 1 aromatic rings. The molecule has 0 saturated carbocycles. The summed E-state index contributed by atoms with van der Waals surface area (Å²) in [7, 11) is 1.22. The van der Waals surface area contributed by atoms with E-state index in [1.807, 2.05) is 0 Å². The van der Waals surface area contributed by atoms with Gasteiger partial charge < -0.3 is 0 Å². The van der Waals surface area contributed by atoms with E-state index in [0.717, 1.165) is 11.7 Å². The van der Waals surface area contributed by atoms with Crippen LogP contribution in [0.4, 0.5) is 0 Å². The molecule has 0 radical (unpaired) electrons. The van der Waals surface area contributed by atoms with Crippen LogP contribution in [0, 0.1) is 11.3 Å². The zero-order chi connectivity index (χ0) is 12.2. The Kier molecular flexibility index (Phi) is 4.64. The maximum absolute atomic E-state index is 2.35. The summed E-state index contributed by atoms with van der Waals surface area (Å²) in [6, 6.07) is 10.9. The lowest BCUT2D eigenvalue weighted by Gasteiger charge is -2.28. The molecule has 0 amide bonds. The molecule has 0 bridgehead atoms. The quantitative estimate of drug-likeness (QED) is 0.674. The van der Waals surface area contributed by atoms with E-state index >= 15 is 0 Å². The molecular weight excluding hydrogens is 191 g/mol. The summed E-state index contributed by atoms with van der Waals surface area (Å²) in [6.45, 7) is 11.7. The predicted octanol–water partition coefficient (Wildman–Crippen LogP) is 3.63. The molecule has 1 heteroatoms. The average Bonchev–Trinajstić information content (AvgIpc) is 2.16. The third kappa shape index (κ3) is 4.87. The minimum Gasteiger partial charge on any atom is -0.0842 e. The van der Waals surface area contributed by atoms with Crippen LogP contribution in [-0.2, 0) is 0 Å². The van der Waals surface area contributed by atoms with Gasteiger partial charge in [0.1, 0.15) is 0 Å². The first-order chi connectivity index (χ1) is 7.38. The van der Waals surface area contributed by atoms with Gasteiger partial charge in [0, 0.05) is 0 Å². The lowest BCUT2D eigenvalue weighted by Crippen LogP contribution is -2.26. The van der Waals surface area contributed by atoms with Crippen LogP contribution in [0.15, 0.2) is 30.3 Å². The van der Waals surface area contributed by atoms with E-state index in [9.17, 15) is 0 Å². The van der Waals surface area contributed by atoms with Crippen LogP contribution in [-0.4, -0.2) is 7.28 Å². The Labute approximate surface area is 102 Å². The maximum atomic E-state index is 2.35. The van der Waals surface area contributed by atoms with Crippen LogP contribution in [0.5, 0.6) is 0 Å². The minimum atomic E-state index is 0.434. The van der Waals surface area contributed by atoms with Crippen LogP contribution in [0.25, 0.3) is 0 Å². The molecule has 0 nitrogen and oxygen atoms in total. The maximum Gasteiger partial charge on any atom is 0.161 e. The molecule has 1 aromatic carbocycles. The molecule has 0 saturated heterocycles. The van der Waals surface area contributed by atoms with Crippen LogP contribution >= 0.6 is 0 Å². The molecule has 0 aliphatic heterocycles. The van der Waals surface area contributed by atoms with Gasteiger partial charge in [-0.15, -0.1) is 0 Å². The lowest BCUT2D eigenvalue weighted by molar-refractivity contribution is 0.337. The molecule has 1 rings (SSSR count). The van der Waals surface area contributed by atoms with Crippen molar-refractivity contribution in [2.75, 3.05) is 0 Å². The van der Waals surface area contributed by atoms with E-state index in [1.165, 1.54) is 19.2 Å². The Balaban J connectivity index is 2.66. The van der Waals surface area contributed by atoms with Crippen molar-refractivity contribution in [1.29, 1.82) is 0 Å². The third-order valence-corrected chi connectivity index (χ3v) is 3.16. The van der Waals surface area contributed by atoms with Gasteiger partial charge in [-0.1, -0.05) is 88.6 Å². The largest absolute Gasteiger partial charge is 0.161 e. The van der Waals surface area contributed by atoms with Gasteiger partial charge in [0.05, 0.1) is 0 Å². The van der Waals surface area contributed by atoms with Crippen molar-refractivity contribution in [3.05, 3.63) is 30.3 Å². The van der Waals surface area contributed by atoms with E-state index in [-0.39, 0.29) is 0 Å². The van der Waals surface area contributed by atoms with E-state index < -0.39 is 0 Å². The molecular formula is C15H25B. The van der Waals surface area contributed by atoms with Crippen LogP contribution in [0.3, 0.4) is 0 Å². The van der Waals surface area contributed by atoms with E-state index in [1.54, 1.807) is 0 Å². The summed E-state index contributed by atoms with van der Waals surface area (Å²) in [5.41, 5.74) is 1.91. The Bertz CT molecular complexity index is 295. The standard InChI is InChI=1S/C15H25B/c1-12(2)14(11-15(3,4)5)16-13-9-7-6-8-10-13/h6-10,12,14,16H,11H2,1-5H3. The number of rotatable bonds is 4. The van der Waals surface area contributed by atoms with Gasteiger partial charge in [-0.25, -0.2) is 0 Å². The van der Waals surface area contributed by atoms with Crippen molar-refractivity contribution < 1.29 is 0 Å². The molecule has 0 N–H and O–H groups in total. The Morgan fingerprint density at radius 3 is 2.06 bits per heavy atom. The molecule has 88 valence electrons. The summed E-state index contributed by atoms with van der Waals surface area (Å²) in [4.78, 5) is 0. The Morgan fingerprint density at radius 1 is 1.06 bits per heavy atom. The molecule has 0 aliphatic carbocycles. The van der Waals surface area contributed by atoms with Gasteiger partial charge in [0.25, 0.3) is 0 Å². The van der Waals surface area contributed by atoms with Gasteiger partial charge >= 0.3 is 0 Å². The van der Waals surface area contributed by atoms with Gasteiger partial charge in [-0.3, -0.25) is 0 Å². The molecule has 0 spiro atoms. The summed E-state index contributed by atoms with van der Waals surface area (Å²) in [5.74, 6) is 1.56. The van der Waals surface area contributed by atoms with E-state index in [2.05, 4.69) is 65.0 Å². The van der Waals surface area contributed by atoms with Crippen LogP contribution in [0.2, 0.25) is 5.82 Å². The summed E-state index contributed by atoms with van der Waals surface area (Å²) >= 11 is 0. The topological polar surface area (TPSA) is 0 Å². The molecule has 1 atom stereocenters. The minimum absolute atomic E-state index is 0.434. The molecule has 0 aliphatic rings. The van der Waals surface area contributed by atoms with Crippen molar-refractivity contribution >= 4 is 12.7 Å². The zero-order valence-electron chi connectivity index (χ0n) is 11.5. The summed E-state index contributed by atoms with van der Waals surface area (Å²) in [6.07, 6.45) is 1.31. The second-order valence-corrected chi connectivity index (χ2v) is 6.46. The first-order valence-electron chi connectivity index (χ1n) is 6.42. The van der Waals surface area contributed by atoms with Gasteiger partial charge in [-0.05, 0) is 5.41 Å². The molecule has 1 unspecified atom stereocenters. The van der Waals surface area contributed by atoms with Crippen LogP contribution in [0.1, 0.15) is 41.0 Å². The van der Waals surface area contributed by atoms with Crippen molar-refractivity contribution in [3.8, 4) is 0 Å². The second kappa shape index (κ2) is 5.56. The highest BCUT2D eigenvalue weighted by atomic mass is 14.2. The van der Waals surface area contributed by atoms with E-state index in [0.29, 0.717) is 5.41 Å². The highest BCUT2D eigenvalue weighted by Gasteiger charge is 2.22. The number of hydrogen-bond acceptors (Lipinski definition) is 0. The van der Waals surface area contributed by atoms with Gasteiger partial charge in [0.2, 0.25) is 0 Å². The van der Waals surface area contributed by atoms with Gasteiger partial charge in [-0.2, -0.15) is 0 Å². The zero-order valence-corrected chi connectivity index (χ0v) is 11.5. The highest BCUT2D eigenvalue weighted by Crippen LogP contribution is 2.32. The third-order valence-electron chi connectivity index (χ3n) is 3.16. The van der Waals surface area contributed by atoms with Crippen LogP contribution < -0.4 is 5.46 Å². The fraction of sp³-hybridized carbons (Fsp3) is 0.600. The molecule has 0 fully saturated rings. The monoisotopic (exact) mass is 216 g/mol. The molecule has 0 heterocycles. The van der Waals surface area contributed by atoms with Crippen molar-refractivity contribution in [3.63, 3.8) is 0 Å². The van der Waals surface area contributed by atoms with Gasteiger partial charge in [0.15, 0.2) is 7.28 Å². The lowest BCUT2D eigenvalue weighted by atomic mass is 9.52. The highest BCUT2D eigenvalue weighted by molar-refractivity contribution is 6.55. The normalized spacial score (nSPS) is 13.9. The second-order valence-electron chi connectivity index (χ2n) is 6.46.